The van der Waals surface area contributed by atoms with E-state index in [1.54, 1.807) is 19.1 Å². The fourth-order valence-electron chi connectivity index (χ4n) is 1.64. The van der Waals surface area contributed by atoms with Crippen LogP contribution in [-0.4, -0.2) is 13.4 Å². The lowest BCUT2D eigenvalue weighted by Crippen LogP contribution is -2.12. The molecule has 1 heterocycles. The SMILES string of the molecule is Cc1cc(Br)cc(NS(=O)(=O)c2sc(=O)[nH]c2C)c1. The average molecular weight is 363 g/mol. The van der Waals surface area contributed by atoms with Crippen molar-refractivity contribution in [3.63, 3.8) is 0 Å². The number of anilines is 1. The Bertz CT molecular complexity index is 757. The molecule has 0 atom stereocenters. The van der Waals surface area contributed by atoms with Crippen LogP contribution in [0.15, 0.2) is 31.7 Å². The van der Waals surface area contributed by atoms with Crippen molar-refractivity contribution in [2.45, 2.75) is 18.1 Å². The second-order valence-electron chi connectivity index (χ2n) is 4.05. The van der Waals surface area contributed by atoms with Crippen LogP contribution in [-0.2, 0) is 10.0 Å². The third-order valence-corrected chi connectivity index (χ3v) is 5.76. The van der Waals surface area contributed by atoms with E-state index in [-0.39, 0.29) is 9.08 Å². The largest absolute Gasteiger partial charge is 0.315 e. The zero-order valence-corrected chi connectivity index (χ0v) is 13.4. The first-order valence-corrected chi connectivity index (χ1v) is 8.37. The molecule has 1 aromatic heterocycles. The van der Waals surface area contributed by atoms with E-state index >= 15 is 0 Å². The first-order valence-electron chi connectivity index (χ1n) is 5.27. The van der Waals surface area contributed by atoms with E-state index in [0.29, 0.717) is 22.7 Å². The maximum Gasteiger partial charge on any atom is 0.306 e. The van der Waals surface area contributed by atoms with Gasteiger partial charge in [-0.2, -0.15) is 0 Å². The number of sulfonamides is 1. The van der Waals surface area contributed by atoms with Gasteiger partial charge in [0, 0.05) is 10.2 Å². The fourth-order valence-corrected chi connectivity index (χ4v) is 4.59. The summed E-state index contributed by atoms with van der Waals surface area (Å²) in [6.45, 7) is 3.42. The van der Waals surface area contributed by atoms with Gasteiger partial charge in [0.2, 0.25) is 0 Å². The van der Waals surface area contributed by atoms with Crippen molar-refractivity contribution in [2.75, 3.05) is 4.72 Å². The van der Waals surface area contributed by atoms with Crippen molar-refractivity contribution >= 4 is 43.0 Å². The van der Waals surface area contributed by atoms with Crippen LogP contribution >= 0.6 is 27.3 Å². The quantitative estimate of drug-likeness (QED) is 0.880. The molecule has 0 aliphatic rings. The molecule has 0 bridgehead atoms. The van der Waals surface area contributed by atoms with Crippen LogP contribution in [0, 0.1) is 13.8 Å². The van der Waals surface area contributed by atoms with Gasteiger partial charge in [-0.3, -0.25) is 9.52 Å². The van der Waals surface area contributed by atoms with Crippen LogP contribution in [0.5, 0.6) is 0 Å². The number of thiazole rings is 1. The number of H-pyrrole nitrogens is 1. The molecule has 1 aromatic carbocycles. The minimum absolute atomic E-state index is 0.00938. The molecule has 8 heteroatoms. The van der Waals surface area contributed by atoms with Gasteiger partial charge in [-0.05, 0) is 37.6 Å². The number of aromatic nitrogens is 1. The van der Waals surface area contributed by atoms with Crippen molar-refractivity contribution in [1.29, 1.82) is 0 Å². The van der Waals surface area contributed by atoms with Crippen molar-refractivity contribution in [2.24, 2.45) is 0 Å². The predicted octanol–water partition coefficient (Wildman–Crippen LogP) is 2.62. The smallest absolute Gasteiger partial charge is 0.306 e. The van der Waals surface area contributed by atoms with E-state index in [9.17, 15) is 13.2 Å². The minimum Gasteiger partial charge on any atom is -0.315 e. The van der Waals surface area contributed by atoms with E-state index in [0.717, 1.165) is 10.0 Å². The minimum atomic E-state index is -3.74. The Labute approximate surface area is 122 Å². The number of hydrogen-bond donors (Lipinski definition) is 2. The third-order valence-electron chi connectivity index (χ3n) is 2.32. The molecule has 19 heavy (non-hydrogen) atoms. The molecule has 0 radical (unpaired) electrons. The third kappa shape index (κ3) is 3.26. The highest BCUT2D eigenvalue weighted by atomic mass is 79.9. The normalized spacial score (nSPS) is 11.5. The van der Waals surface area contributed by atoms with Gasteiger partial charge < -0.3 is 4.98 Å². The van der Waals surface area contributed by atoms with Crippen molar-refractivity contribution in [3.05, 3.63) is 43.6 Å². The zero-order valence-electron chi connectivity index (χ0n) is 10.2. The number of aryl methyl sites for hydroxylation is 2. The second kappa shape index (κ2) is 5.10. The average Bonchev–Trinajstić information content (AvgIpc) is 2.56. The lowest BCUT2D eigenvalue weighted by molar-refractivity contribution is 0.602. The molecular weight excluding hydrogens is 352 g/mol. The summed E-state index contributed by atoms with van der Waals surface area (Å²) >= 11 is 3.98. The molecule has 0 saturated carbocycles. The Balaban J connectivity index is 2.42. The lowest BCUT2D eigenvalue weighted by atomic mass is 10.2. The Morgan fingerprint density at radius 3 is 2.47 bits per heavy atom. The molecule has 0 unspecified atom stereocenters. The van der Waals surface area contributed by atoms with Gasteiger partial charge in [-0.1, -0.05) is 27.3 Å². The number of nitrogens with one attached hydrogen (secondary N) is 2. The maximum atomic E-state index is 12.2. The van der Waals surface area contributed by atoms with Crippen LogP contribution in [0.25, 0.3) is 0 Å². The lowest BCUT2D eigenvalue weighted by Gasteiger charge is -2.08. The molecular formula is C11H11BrN2O3S2. The van der Waals surface area contributed by atoms with Gasteiger partial charge in [0.05, 0.1) is 5.69 Å². The second-order valence-corrected chi connectivity index (χ2v) is 7.83. The van der Waals surface area contributed by atoms with E-state index < -0.39 is 10.0 Å². The summed E-state index contributed by atoms with van der Waals surface area (Å²) in [7, 11) is -3.74. The molecule has 0 spiro atoms. The molecule has 102 valence electrons. The number of benzene rings is 1. The van der Waals surface area contributed by atoms with E-state index in [2.05, 4.69) is 25.6 Å². The van der Waals surface area contributed by atoms with Gasteiger partial charge in [-0.25, -0.2) is 8.42 Å². The van der Waals surface area contributed by atoms with Crippen LogP contribution in [0.2, 0.25) is 0 Å². The first kappa shape index (κ1) is 14.3. The Morgan fingerprint density at radius 1 is 1.26 bits per heavy atom. The maximum absolute atomic E-state index is 12.2. The molecule has 0 aliphatic carbocycles. The highest BCUT2D eigenvalue weighted by Crippen LogP contribution is 2.24. The van der Waals surface area contributed by atoms with Gasteiger partial charge >= 0.3 is 4.87 Å². The van der Waals surface area contributed by atoms with Crippen molar-refractivity contribution < 1.29 is 8.42 Å². The number of rotatable bonds is 3. The van der Waals surface area contributed by atoms with Crippen molar-refractivity contribution in [1.82, 2.24) is 4.98 Å². The summed E-state index contributed by atoms with van der Waals surface area (Å²) in [4.78, 5) is 13.3. The van der Waals surface area contributed by atoms with Gasteiger partial charge in [-0.15, -0.1) is 0 Å². The highest BCUT2D eigenvalue weighted by Gasteiger charge is 2.20. The number of halogens is 1. The molecule has 5 nitrogen and oxygen atoms in total. The van der Waals surface area contributed by atoms with E-state index in [1.807, 2.05) is 13.0 Å². The van der Waals surface area contributed by atoms with Crippen LogP contribution in [0.1, 0.15) is 11.3 Å². The Morgan fingerprint density at radius 2 is 1.95 bits per heavy atom. The van der Waals surface area contributed by atoms with E-state index in [4.69, 9.17) is 0 Å². The zero-order chi connectivity index (χ0) is 14.2. The predicted molar refractivity (Wildman–Crippen MR) is 79.4 cm³/mol. The van der Waals surface area contributed by atoms with Gasteiger partial charge in [0.1, 0.15) is 0 Å². The molecule has 2 aromatic rings. The first-order chi connectivity index (χ1) is 8.78. The fraction of sp³-hybridized carbons (Fsp3) is 0.182. The van der Waals surface area contributed by atoms with E-state index in [1.165, 1.54) is 0 Å². The molecule has 0 fully saturated rings. The Hall–Kier alpha value is -1.12. The van der Waals surface area contributed by atoms with Crippen molar-refractivity contribution in [3.8, 4) is 0 Å². The molecule has 2 N–H and O–H groups in total. The monoisotopic (exact) mass is 362 g/mol. The summed E-state index contributed by atoms with van der Waals surface area (Å²) in [6.07, 6.45) is 0. The molecule has 0 aliphatic heterocycles. The van der Waals surface area contributed by atoms with Crippen LogP contribution < -0.4 is 9.60 Å². The molecule has 0 amide bonds. The number of aromatic amines is 1. The summed E-state index contributed by atoms with van der Waals surface area (Å²) < 4.78 is 27.6. The summed E-state index contributed by atoms with van der Waals surface area (Å²) in [5.41, 5.74) is 1.72. The highest BCUT2D eigenvalue weighted by molar-refractivity contribution is 9.10. The number of hydrogen-bond acceptors (Lipinski definition) is 4. The summed E-state index contributed by atoms with van der Waals surface area (Å²) in [5.74, 6) is 0. The summed E-state index contributed by atoms with van der Waals surface area (Å²) in [6, 6.07) is 5.25. The topological polar surface area (TPSA) is 79.0 Å². The van der Waals surface area contributed by atoms with Gasteiger partial charge in [0.15, 0.2) is 4.21 Å². The van der Waals surface area contributed by atoms with Gasteiger partial charge in [0.25, 0.3) is 10.0 Å². The Kier molecular flexibility index (Phi) is 3.84. The standard InChI is InChI=1S/C11H11BrN2O3S2/c1-6-3-8(12)5-9(4-6)14-19(16,17)10-7(2)13-11(15)18-10/h3-5,14H,1-2H3,(H,13,15). The summed E-state index contributed by atoms with van der Waals surface area (Å²) in [5, 5.41) is 0. The molecule has 2 rings (SSSR count). The van der Waals surface area contributed by atoms with Crippen LogP contribution in [0.3, 0.4) is 0 Å². The van der Waals surface area contributed by atoms with Crippen LogP contribution in [0.4, 0.5) is 5.69 Å². The molecule has 0 saturated heterocycles.